The molecule has 0 aliphatic carbocycles. The number of rotatable bonds is 8. The number of carbonyl (C=O) groups excluding carboxylic acids is 2. The lowest BCUT2D eigenvalue weighted by atomic mass is 10.1. The molecule has 2 aromatic rings. The number of anilines is 1. The van der Waals surface area contributed by atoms with Crippen molar-refractivity contribution in [3.63, 3.8) is 0 Å². The van der Waals surface area contributed by atoms with Gasteiger partial charge in [-0.3, -0.25) is 9.59 Å². The molecule has 2 amide bonds. The van der Waals surface area contributed by atoms with Crippen molar-refractivity contribution in [2.75, 3.05) is 18.6 Å². The minimum Gasteiger partial charge on any atom is -0.496 e. The molecule has 138 valence electrons. The summed E-state index contributed by atoms with van der Waals surface area (Å²) in [5.74, 6) is 0.563. The molecule has 0 radical (unpaired) electrons. The molecule has 0 atom stereocenters. The van der Waals surface area contributed by atoms with Gasteiger partial charge in [-0.15, -0.1) is 0 Å². The summed E-state index contributed by atoms with van der Waals surface area (Å²) in [7, 11) is 1.61. The fourth-order valence-electron chi connectivity index (χ4n) is 2.72. The number of para-hydroxylation sites is 1. The summed E-state index contributed by atoms with van der Waals surface area (Å²) in [4.78, 5) is 25.8. The van der Waals surface area contributed by atoms with Crippen LogP contribution in [-0.4, -0.2) is 25.5 Å². The van der Waals surface area contributed by atoms with E-state index in [-0.39, 0.29) is 18.2 Å². The van der Waals surface area contributed by atoms with Crippen molar-refractivity contribution in [2.45, 2.75) is 33.2 Å². The summed E-state index contributed by atoms with van der Waals surface area (Å²) in [6.07, 6.45) is 1.19. The Morgan fingerprint density at radius 2 is 1.77 bits per heavy atom. The van der Waals surface area contributed by atoms with Gasteiger partial charge in [-0.05, 0) is 30.2 Å². The molecular weight excluding hydrogens is 328 g/mol. The summed E-state index contributed by atoms with van der Waals surface area (Å²) < 4.78 is 5.28. The zero-order chi connectivity index (χ0) is 18.9. The van der Waals surface area contributed by atoms with Crippen LogP contribution in [0.4, 0.5) is 5.69 Å². The van der Waals surface area contributed by atoms with Crippen LogP contribution in [0.25, 0.3) is 0 Å². The van der Waals surface area contributed by atoms with Gasteiger partial charge in [0.2, 0.25) is 11.8 Å². The van der Waals surface area contributed by atoms with Gasteiger partial charge in [0.25, 0.3) is 0 Å². The number of hydrogen-bond acceptors (Lipinski definition) is 3. The molecule has 0 heterocycles. The Morgan fingerprint density at radius 1 is 1.08 bits per heavy atom. The SMILES string of the molecule is CCc1ccc(N(CCC(=O)NCc2ccccc2OC)C(C)=O)cc1. The van der Waals surface area contributed by atoms with Crippen molar-refractivity contribution in [1.29, 1.82) is 0 Å². The molecule has 0 aromatic heterocycles. The number of amides is 2. The van der Waals surface area contributed by atoms with Gasteiger partial charge >= 0.3 is 0 Å². The highest BCUT2D eigenvalue weighted by molar-refractivity contribution is 5.92. The monoisotopic (exact) mass is 354 g/mol. The summed E-state index contributed by atoms with van der Waals surface area (Å²) in [6, 6.07) is 15.4. The lowest BCUT2D eigenvalue weighted by Crippen LogP contribution is -2.33. The highest BCUT2D eigenvalue weighted by Crippen LogP contribution is 2.18. The van der Waals surface area contributed by atoms with Gasteiger partial charge in [0.05, 0.1) is 7.11 Å². The predicted octanol–water partition coefficient (Wildman–Crippen LogP) is 3.32. The molecule has 26 heavy (non-hydrogen) atoms. The second kappa shape index (κ2) is 9.61. The standard InChI is InChI=1S/C21H26N2O3/c1-4-17-9-11-19(12-10-17)23(16(2)24)14-13-21(25)22-15-18-7-5-6-8-20(18)26-3/h5-12H,4,13-15H2,1-3H3,(H,22,25). The third-order valence-electron chi connectivity index (χ3n) is 4.27. The second-order valence-corrected chi connectivity index (χ2v) is 6.03. The normalized spacial score (nSPS) is 10.3. The van der Waals surface area contributed by atoms with Crippen LogP contribution in [0.3, 0.4) is 0 Å². The first-order valence-corrected chi connectivity index (χ1v) is 8.80. The van der Waals surface area contributed by atoms with Gasteiger partial charge in [0.15, 0.2) is 0 Å². The Morgan fingerprint density at radius 3 is 2.38 bits per heavy atom. The van der Waals surface area contributed by atoms with Crippen LogP contribution in [0.2, 0.25) is 0 Å². The molecule has 5 nitrogen and oxygen atoms in total. The van der Waals surface area contributed by atoms with Crippen molar-refractivity contribution in [3.8, 4) is 5.75 Å². The average molecular weight is 354 g/mol. The van der Waals surface area contributed by atoms with Gasteiger partial charge in [0.1, 0.15) is 5.75 Å². The van der Waals surface area contributed by atoms with E-state index in [9.17, 15) is 9.59 Å². The van der Waals surface area contributed by atoms with E-state index in [2.05, 4.69) is 12.2 Å². The molecule has 0 aliphatic heterocycles. The summed E-state index contributed by atoms with van der Waals surface area (Å²) >= 11 is 0. The Labute approximate surface area is 155 Å². The summed E-state index contributed by atoms with van der Waals surface area (Å²) in [5.41, 5.74) is 2.95. The smallest absolute Gasteiger partial charge is 0.223 e. The molecule has 5 heteroatoms. The third-order valence-corrected chi connectivity index (χ3v) is 4.27. The number of nitrogens with one attached hydrogen (secondary N) is 1. The molecule has 0 aliphatic rings. The van der Waals surface area contributed by atoms with Gasteiger partial charge in [-0.25, -0.2) is 0 Å². The first-order valence-electron chi connectivity index (χ1n) is 8.80. The average Bonchev–Trinajstić information content (AvgIpc) is 2.67. The van der Waals surface area contributed by atoms with E-state index in [1.807, 2.05) is 48.5 Å². The number of ether oxygens (including phenoxy) is 1. The number of hydrogen-bond donors (Lipinski definition) is 1. The molecule has 2 aromatic carbocycles. The molecular formula is C21H26N2O3. The second-order valence-electron chi connectivity index (χ2n) is 6.03. The summed E-state index contributed by atoms with van der Waals surface area (Å²) in [6.45, 7) is 4.34. The Kier molecular flexibility index (Phi) is 7.21. The van der Waals surface area contributed by atoms with Crippen molar-refractivity contribution in [2.24, 2.45) is 0 Å². The van der Waals surface area contributed by atoms with E-state index in [0.717, 1.165) is 23.4 Å². The van der Waals surface area contributed by atoms with E-state index < -0.39 is 0 Å². The largest absolute Gasteiger partial charge is 0.496 e. The maximum absolute atomic E-state index is 12.2. The number of nitrogens with zero attached hydrogens (tertiary/aromatic N) is 1. The van der Waals surface area contributed by atoms with E-state index in [4.69, 9.17) is 4.74 Å². The molecule has 0 spiro atoms. The fourth-order valence-corrected chi connectivity index (χ4v) is 2.72. The zero-order valence-corrected chi connectivity index (χ0v) is 15.6. The predicted molar refractivity (Wildman–Crippen MR) is 103 cm³/mol. The van der Waals surface area contributed by atoms with Crippen LogP contribution >= 0.6 is 0 Å². The topological polar surface area (TPSA) is 58.6 Å². The number of methoxy groups -OCH3 is 1. The van der Waals surface area contributed by atoms with E-state index in [1.165, 1.54) is 12.5 Å². The minimum absolute atomic E-state index is 0.0771. The molecule has 2 rings (SSSR count). The highest BCUT2D eigenvalue weighted by Gasteiger charge is 2.13. The van der Waals surface area contributed by atoms with E-state index in [0.29, 0.717) is 13.1 Å². The van der Waals surface area contributed by atoms with Crippen LogP contribution in [0.15, 0.2) is 48.5 Å². The number of aryl methyl sites for hydroxylation is 1. The maximum atomic E-state index is 12.2. The third kappa shape index (κ3) is 5.34. The summed E-state index contributed by atoms with van der Waals surface area (Å²) in [5, 5.41) is 2.88. The first kappa shape index (κ1) is 19.5. The Hall–Kier alpha value is -2.82. The molecule has 0 saturated carbocycles. The van der Waals surface area contributed by atoms with Gasteiger partial charge in [-0.1, -0.05) is 37.3 Å². The molecule has 0 bridgehead atoms. The van der Waals surface area contributed by atoms with Crippen LogP contribution in [-0.2, 0) is 22.6 Å². The quantitative estimate of drug-likeness (QED) is 0.791. The Balaban J connectivity index is 1.91. The van der Waals surface area contributed by atoms with Crippen LogP contribution < -0.4 is 15.0 Å². The van der Waals surface area contributed by atoms with Crippen LogP contribution in [0.1, 0.15) is 31.4 Å². The van der Waals surface area contributed by atoms with Crippen molar-refractivity contribution < 1.29 is 14.3 Å². The first-order chi connectivity index (χ1) is 12.5. The Bertz CT molecular complexity index is 741. The molecule has 1 N–H and O–H groups in total. The number of benzene rings is 2. The minimum atomic E-state index is -0.104. The lowest BCUT2D eigenvalue weighted by molar-refractivity contribution is -0.121. The number of carbonyl (C=O) groups is 2. The molecule has 0 fully saturated rings. The van der Waals surface area contributed by atoms with E-state index in [1.54, 1.807) is 12.0 Å². The van der Waals surface area contributed by atoms with Gasteiger partial charge < -0.3 is 15.0 Å². The van der Waals surface area contributed by atoms with Crippen LogP contribution in [0.5, 0.6) is 5.75 Å². The van der Waals surface area contributed by atoms with Gasteiger partial charge in [0, 0.05) is 37.7 Å². The molecule has 0 unspecified atom stereocenters. The molecule has 0 saturated heterocycles. The van der Waals surface area contributed by atoms with Gasteiger partial charge in [-0.2, -0.15) is 0 Å². The lowest BCUT2D eigenvalue weighted by Gasteiger charge is -2.21. The highest BCUT2D eigenvalue weighted by atomic mass is 16.5. The maximum Gasteiger partial charge on any atom is 0.223 e. The van der Waals surface area contributed by atoms with Crippen molar-refractivity contribution >= 4 is 17.5 Å². The fraction of sp³-hybridized carbons (Fsp3) is 0.333. The van der Waals surface area contributed by atoms with Crippen molar-refractivity contribution in [1.82, 2.24) is 5.32 Å². The van der Waals surface area contributed by atoms with Crippen LogP contribution in [0, 0.1) is 0 Å². The van der Waals surface area contributed by atoms with Crippen molar-refractivity contribution in [3.05, 3.63) is 59.7 Å². The zero-order valence-electron chi connectivity index (χ0n) is 15.6. The van der Waals surface area contributed by atoms with E-state index >= 15 is 0 Å².